The van der Waals surface area contributed by atoms with Gasteiger partial charge < -0.3 is 0 Å². The van der Waals surface area contributed by atoms with Gasteiger partial charge in [-0.1, -0.05) is 12.1 Å². The molecule has 0 N–H and O–H groups in total. The lowest BCUT2D eigenvalue weighted by Crippen LogP contribution is -2.01. The molecule has 0 saturated carbocycles. The summed E-state index contributed by atoms with van der Waals surface area (Å²) in [4.78, 5) is 12.3. The van der Waals surface area contributed by atoms with Gasteiger partial charge in [-0.05, 0) is 60.3 Å². The second kappa shape index (κ2) is 7.37. The van der Waals surface area contributed by atoms with Crippen LogP contribution in [0.25, 0.3) is 16.9 Å². The van der Waals surface area contributed by atoms with E-state index >= 15 is 0 Å². The van der Waals surface area contributed by atoms with Crippen molar-refractivity contribution >= 4 is 28.6 Å². The van der Waals surface area contributed by atoms with Gasteiger partial charge in [-0.2, -0.15) is 5.10 Å². The molecule has 0 radical (unpaired) electrons. The van der Waals surface area contributed by atoms with Crippen LogP contribution in [0.2, 0.25) is 0 Å². The maximum atomic E-state index is 13.1. The maximum absolute atomic E-state index is 13.1. The summed E-state index contributed by atoms with van der Waals surface area (Å²) in [7, 11) is 0. The summed E-state index contributed by atoms with van der Waals surface area (Å²) >= 11 is 7.04. The van der Waals surface area contributed by atoms with Crippen molar-refractivity contribution in [2.75, 3.05) is 6.26 Å². The molecule has 2 aromatic carbocycles. The lowest BCUT2D eigenvalue weighted by Gasteiger charge is -2.08. The zero-order chi connectivity index (χ0) is 18.0. The van der Waals surface area contributed by atoms with Crippen LogP contribution in [0.1, 0.15) is 22.5 Å². The predicted octanol–water partition coefficient (Wildman–Crippen LogP) is 5.58. The first-order chi connectivity index (χ1) is 12.0. The first-order valence-corrected chi connectivity index (χ1v) is 8.92. The minimum Gasteiger partial charge on any atom is -0.276 e. The van der Waals surface area contributed by atoms with Gasteiger partial charge in [0.25, 0.3) is 11.7 Å². The number of hydrogen-bond acceptors (Lipinski definition) is 3. The number of thioether (sulfide) groups is 1. The monoisotopic (exact) mass is 378 g/mol. The molecule has 0 fully saturated rings. The third kappa shape index (κ3) is 3.75. The maximum Gasteiger partial charge on any atom is 0.282 e. The van der Waals surface area contributed by atoms with Gasteiger partial charge in [-0.25, -0.2) is 13.5 Å². The molecule has 0 aliphatic carbocycles. The molecule has 128 valence electrons. The van der Waals surface area contributed by atoms with E-state index in [1.807, 2.05) is 30.5 Å². The number of hydrogen-bond donors (Lipinski definition) is 0. The third-order valence-electron chi connectivity index (χ3n) is 3.68. The molecule has 0 spiro atoms. The van der Waals surface area contributed by atoms with Gasteiger partial charge in [-0.3, -0.25) is 4.79 Å². The molecule has 25 heavy (non-hydrogen) atoms. The van der Waals surface area contributed by atoms with Crippen LogP contribution in [0.3, 0.4) is 0 Å². The second-order valence-electron chi connectivity index (χ2n) is 5.22. The summed E-state index contributed by atoms with van der Waals surface area (Å²) in [5, 5.41) is 3.44. The van der Waals surface area contributed by atoms with E-state index in [1.165, 1.54) is 22.9 Å². The number of halogens is 3. The molecule has 0 amide bonds. The van der Waals surface area contributed by atoms with Gasteiger partial charge >= 0.3 is 0 Å². The highest BCUT2D eigenvalue weighted by Gasteiger charge is 2.18. The average Bonchev–Trinajstić information content (AvgIpc) is 3.07. The number of alkyl halides is 2. The second-order valence-corrected chi connectivity index (χ2v) is 6.44. The predicted molar refractivity (Wildman–Crippen MR) is 95.9 cm³/mol. The molecule has 3 rings (SSSR count). The molecule has 0 unspecified atom stereocenters. The summed E-state index contributed by atoms with van der Waals surface area (Å²) in [6, 6.07) is 15.3. The Morgan fingerprint density at radius 2 is 1.76 bits per heavy atom. The van der Waals surface area contributed by atoms with Gasteiger partial charge in [0, 0.05) is 16.0 Å². The van der Waals surface area contributed by atoms with E-state index in [4.69, 9.17) is 11.6 Å². The van der Waals surface area contributed by atoms with Crippen LogP contribution in [-0.2, 0) is 0 Å². The molecule has 1 heterocycles. The Hall–Kier alpha value is -2.18. The van der Waals surface area contributed by atoms with Crippen LogP contribution in [0, 0.1) is 0 Å². The van der Waals surface area contributed by atoms with Crippen LogP contribution >= 0.6 is 23.4 Å². The smallest absolute Gasteiger partial charge is 0.276 e. The van der Waals surface area contributed by atoms with Crippen LogP contribution < -0.4 is 0 Å². The van der Waals surface area contributed by atoms with Crippen LogP contribution in [0.4, 0.5) is 8.78 Å². The number of nitrogens with zero attached hydrogens (tertiary/aromatic N) is 2. The Labute approximate surface area is 152 Å². The van der Waals surface area contributed by atoms with Gasteiger partial charge in [0.15, 0.2) is 0 Å². The molecule has 0 bridgehead atoms. The fraction of sp³-hybridized carbons (Fsp3) is 0.111. The molecule has 3 nitrogen and oxygen atoms in total. The van der Waals surface area contributed by atoms with E-state index in [0.717, 1.165) is 10.5 Å². The summed E-state index contributed by atoms with van der Waals surface area (Å²) in [5.74, 6) is 0. The van der Waals surface area contributed by atoms with E-state index in [1.54, 1.807) is 23.9 Å². The van der Waals surface area contributed by atoms with Gasteiger partial charge in [-0.15, -0.1) is 11.8 Å². The molecule has 3 aromatic rings. The van der Waals surface area contributed by atoms with E-state index < -0.39 is 11.7 Å². The first-order valence-electron chi connectivity index (χ1n) is 7.32. The molecule has 0 atom stereocenters. The topological polar surface area (TPSA) is 34.9 Å². The molecular formula is C18H13ClF2N2OS. The minimum atomic E-state index is -2.67. The van der Waals surface area contributed by atoms with E-state index in [0.29, 0.717) is 16.9 Å². The van der Waals surface area contributed by atoms with Crippen LogP contribution in [0.5, 0.6) is 0 Å². The number of carbonyl (C=O) groups is 1. The summed E-state index contributed by atoms with van der Waals surface area (Å²) in [6.45, 7) is 0. The Bertz CT molecular complexity index is 892. The molecular weight excluding hydrogens is 366 g/mol. The van der Waals surface area contributed by atoms with Gasteiger partial charge in [0.05, 0.1) is 11.4 Å². The van der Waals surface area contributed by atoms with Crippen molar-refractivity contribution in [3.63, 3.8) is 0 Å². The third-order valence-corrected chi connectivity index (χ3v) is 4.64. The number of aromatic nitrogens is 2. The first kappa shape index (κ1) is 17.6. The van der Waals surface area contributed by atoms with Crippen LogP contribution in [-0.4, -0.2) is 21.3 Å². The minimum absolute atomic E-state index is 0.304. The molecule has 0 aliphatic heterocycles. The van der Waals surface area contributed by atoms with Crippen LogP contribution in [0.15, 0.2) is 59.5 Å². The van der Waals surface area contributed by atoms with Crippen molar-refractivity contribution in [3.05, 3.63) is 65.9 Å². The highest BCUT2D eigenvalue weighted by Crippen LogP contribution is 2.29. The molecule has 7 heteroatoms. The fourth-order valence-corrected chi connectivity index (χ4v) is 2.94. The van der Waals surface area contributed by atoms with Crippen molar-refractivity contribution in [2.24, 2.45) is 0 Å². The Kier molecular flexibility index (Phi) is 5.20. The zero-order valence-electron chi connectivity index (χ0n) is 13.1. The molecule has 0 aliphatic rings. The standard InChI is InChI=1S/C18H13ClF2N2OS/c1-25-14-8-4-11(5-9-14)16-10-15(18(20)21)22-23(16)13-6-2-12(3-7-13)17(19)24/h2-10,18H,1H3. The van der Waals surface area contributed by atoms with Crippen molar-refractivity contribution in [1.29, 1.82) is 0 Å². The molecule has 1 aromatic heterocycles. The summed E-state index contributed by atoms with van der Waals surface area (Å²) in [5.41, 5.74) is 1.92. The van der Waals surface area contributed by atoms with Gasteiger partial charge in [0.1, 0.15) is 5.69 Å². The lowest BCUT2D eigenvalue weighted by molar-refractivity contribution is 0.108. The Morgan fingerprint density at radius 3 is 2.28 bits per heavy atom. The molecule has 0 saturated heterocycles. The fourth-order valence-electron chi connectivity index (χ4n) is 2.40. The zero-order valence-corrected chi connectivity index (χ0v) is 14.7. The highest BCUT2D eigenvalue weighted by molar-refractivity contribution is 7.98. The van der Waals surface area contributed by atoms with E-state index in [9.17, 15) is 13.6 Å². The quantitative estimate of drug-likeness (QED) is 0.429. The Morgan fingerprint density at radius 1 is 1.12 bits per heavy atom. The largest absolute Gasteiger partial charge is 0.282 e. The highest BCUT2D eigenvalue weighted by atomic mass is 35.5. The lowest BCUT2D eigenvalue weighted by atomic mass is 10.1. The number of rotatable bonds is 5. The average molecular weight is 379 g/mol. The van der Waals surface area contributed by atoms with E-state index in [-0.39, 0.29) is 5.69 Å². The summed E-state index contributed by atoms with van der Waals surface area (Å²) in [6.07, 6.45) is -0.706. The van der Waals surface area contributed by atoms with Crippen molar-refractivity contribution in [1.82, 2.24) is 9.78 Å². The van der Waals surface area contributed by atoms with Crippen molar-refractivity contribution in [2.45, 2.75) is 11.3 Å². The normalized spacial score (nSPS) is 11.1. The van der Waals surface area contributed by atoms with Gasteiger partial charge in [0.2, 0.25) is 0 Å². The number of carbonyl (C=O) groups excluding carboxylic acids is 1. The SMILES string of the molecule is CSc1ccc(-c2cc(C(F)F)nn2-c2ccc(C(=O)Cl)cc2)cc1. The summed E-state index contributed by atoms with van der Waals surface area (Å²) < 4.78 is 27.7. The van der Waals surface area contributed by atoms with E-state index in [2.05, 4.69) is 5.10 Å². The van der Waals surface area contributed by atoms with Crippen molar-refractivity contribution < 1.29 is 13.6 Å². The Balaban J connectivity index is 2.09. The number of benzene rings is 2. The van der Waals surface area contributed by atoms with Crippen molar-refractivity contribution in [3.8, 4) is 16.9 Å².